The standard InChI is InChI=1S/C19H19N3O3S/c1-11(2)9-15(23)21-19-16(13-5-3-4-6-14(13)18(20)24)17(22-25-19)12-7-8-26-10-12/h3-8,10-11H,9H2,1-2H3,(H2,20,24)(H,21,23). The first-order valence-electron chi connectivity index (χ1n) is 8.18. The molecule has 1 aromatic carbocycles. The van der Waals surface area contributed by atoms with Gasteiger partial charge in [-0.3, -0.25) is 14.9 Å². The minimum absolute atomic E-state index is 0.175. The molecule has 2 aromatic heterocycles. The Morgan fingerprint density at radius 3 is 2.69 bits per heavy atom. The number of aromatic nitrogens is 1. The van der Waals surface area contributed by atoms with Crippen molar-refractivity contribution in [2.45, 2.75) is 20.3 Å². The van der Waals surface area contributed by atoms with Crippen LogP contribution < -0.4 is 11.1 Å². The van der Waals surface area contributed by atoms with E-state index in [9.17, 15) is 9.59 Å². The normalized spacial score (nSPS) is 10.9. The zero-order valence-corrected chi connectivity index (χ0v) is 15.3. The number of nitrogens with zero attached hydrogens (tertiary/aromatic N) is 1. The molecule has 134 valence electrons. The quantitative estimate of drug-likeness (QED) is 0.682. The van der Waals surface area contributed by atoms with Gasteiger partial charge in [0.25, 0.3) is 0 Å². The molecule has 2 heterocycles. The highest BCUT2D eigenvalue weighted by Gasteiger charge is 2.24. The number of amides is 2. The van der Waals surface area contributed by atoms with Gasteiger partial charge in [0.1, 0.15) is 5.69 Å². The molecule has 0 aliphatic heterocycles. The van der Waals surface area contributed by atoms with Crippen molar-refractivity contribution >= 4 is 29.0 Å². The largest absolute Gasteiger partial charge is 0.366 e. The number of primary amides is 1. The summed E-state index contributed by atoms with van der Waals surface area (Å²) in [5.74, 6) is -0.315. The van der Waals surface area contributed by atoms with Crippen molar-refractivity contribution in [2.24, 2.45) is 11.7 Å². The first-order chi connectivity index (χ1) is 12.5. The second kappa shape index (κ2) is 7.53. The number of hydrogen-bond donors (Lipinski definition) is 2. The maximum atomic E-state index is 12.2. The Hall–Kier alpha value is -2.93. The van der Waals surface area contributed by atoms with E-state index in [2.05, 4.69) is 10.5 Å². The first-order valence-corrected chi connectivity index (χ1v) is 9.13. The SMILES string of the molecule is CC(C)CC(=O)Nc1onc(-c2ccsc2)c1-c1ccccc1C(N)=O. The summed E-state index contributed by atoms with van der Waals surface area (Å²) in [4.78, 5) is 24.1. The van der Waals surface area contributed by atoms with Gasteiger partial charge in [-0.25, -0.2) is 0 Å². The smallest absolute Gasteiger partial charge is 0.249 e. The second-order valence-electron chi connectivity index (χ2n) is 6.30. The number of hydrogen-bond acceptors (Lipinski definition) is 5. The molecule has 0 unspecified atom stereocenters. The Morgan fingerprint density at radius 2 is 2.04 bits per heavy atom. The molecule has 3 rings (SSSR count). The Kier molecular flexibility index (Phi) is 5.18. The summed E-state index contributed by atoms with van der Waals surface area (Å²) in [6.07, 6.45) is 0.353. The molecule has 0 fully saturated rings. The van der Waals surface area contributed by atoms with E-state index in [-0.39, 0.29) is 17.7 Å². The van der Waals surface area contributed by atoms with Gasteiger partial charge in [-0.05, 0) is 23.4 Å². The zero-order valence-electron chi connectivity index (χ0n) is 14.5. The molecule has 6 nitrogen and oxygen atoms in total. The summed E-state index contributed by atoms with van der Waals surface area (Å²) >= 11 is 1.52. The Labute approximate surface area is 155 Å². The highest BCUT2D eigenvalue weighted by molar-refractivity contribution is 7.08. The summed E-state index contributed by atoms with van der Waals surface area (Å²) in [7, 11) is 0. The Morgan fingerprint density at radius 1 is 1.27 bits per heavy atom. The van der Waals surface area contributed by atoms with Gasteiger partial charge in [0.05, 0.1) is 5.56 Å². The summed E-state index contributed by atoms with van der Waals surface area (Å²) in [6.45, 7) is 3.92. The minimum atomic E-state index is -0.558. The third kappa shape index (κ3) is 3.67. The van der Waals surface area contributed by atoms with Gasteiger partial charge in [-0.1, -0.05) is 37.2 Å². The van der Waals surface area contributed by atoms with E-state index >= 15 is 0 Å². The van der Waals surface area contributed by atoms with E-state index in [1.54, 1.807) is 24.3 Å². The van der Waals surface area contributed by atoms with Gasteiger partial charge in [0.15, 0.2) is 0 Å². The predicted molar refractivity (Wildman–Crippen MR) is 102 cm³/mol. The highest BCUT2D eigenvalue weighted by atomic mass is 32.1. The van der Waals surface area contributed by atoms with Crippen molar-refractivity contribution < 1.29 is 14.1 Å². The highest BCUT2D eigenvalue weighted by Crippen LogP contribution is 2.40. The van der Waals surface area contributed by atoms with E-state index in [0.29, 0.717) is 28.8 Å². The van der Waals surface area contributed by atoms with Crippen LogP contribution in [0.15, 0.2) is 45.6 Å². The molecule has 0 saturated heterocycles. The number of thiophene rings is 1. The number of nitrogens with one attached hydrogen (secondary N) is 1. The molecule has 7 heteroatoms. The molecule has 0 saturated carbocycles. The van der Waals surface area contributed by atoms with Crippen molar-refractivity contribution in [1.82, 2.24) is 5.16 Å². The molecule has 0 bridgehead atoms. The number of benzene rings is 1. The molecule has 2 amide bonds. The number of carbonyl (C=O) groups is 2. The van der Waals surface area contributed by atoms with Crippen LogP contribution in [0.25, 0.3) is 22.4 Å². The van der Waals surface area contributed by atoms with Crippen LogP contribution in [0.3, 0.4) is 0 Å². The van der Waals surface area contributed by atoms with Gasteiger partial charge in [0, 0.05) is 28.5 Å². The molecular formula is C19H19N3O3S. The van der Waals surface area contributed by atoms with Gasteiger partial charge < -0.3 is 10.3 Å². The fraction of sp³-hybridized carbons (Fsp3) is 0.211. The summed E-state index contributed by atoms with van der Waals surface area (Å²) < 4.78 is 5.43. The van der Waals surface area contributed by atoms with E-state index in [0.717, 1.165) is 5.56 Å². The van der Waals surface area contributed by atoms with Gasteiger partial charge in [-0.15, -0.1) is 0 Å². The van der Waals surface area contributed by atoms with Crippen LogP contribution in [0, 0.1) is 5.92 Å². The monoisotopic (exact) mass is 369 g/mol. The maximum absolute atomic E-state index is 12.2. The van der Waals surface area contributed by atoms with Crippen molar-refractivity contribution in [2.75, 3.05) is 5.32 Å². The lowest BCUT2D eigenvalue weighted by Crippen LogP contribution is -2.15. The van der Waals surface area contributed by atoms with Gasteiger partial charge in [0.2, 0.25) is 17.7 Å². The van der Waals surface area contributed by atoms with E-state index in [1.807, 2.05) is 30.7 Å². The lowest BCUT2D eigenvalue weighted by atomic mass is 9.97. The van der Waals surface area contributed by atoms with Crippen molar-refractivity contribution in [3.63, 3.8) is 0 Å². The van der Waals surface area contributed by atoms with Crippen molar-refractivity contribution in [3.8, 4) is 22.4 Å². The molecule has 26 heavy (non-hydrogen) atoms. The third-order valence-electron chi connectivity index (χ3n) is 3.80. The number of rotatable bonds is 6. The first kappa shape index (κ1) is 17.9. The average Bonchev–Trinajstić information content (AvgIpc) is 3.23. The lowest BCUT2D eigenvalue weighted by Gasteiger charge is -2.09. The lowest BCUT2D eigenvalue weighted by molar-refractivity contribution is -0.117. The minimum Gasteiger partial charge on any atom is -0.366 e. The van der Waals surface area contributed by atoms with Gasteiger partial charge in [-0.2, -0.15) is 11.3 Å². The zero-order chi connectivity index (χ0) is 18.7. The molecule has 0 atom stereocenters. The molecule has 3 N–H and O–H groups in total. The summed E-state index contributed by atoms with van der Waals surface area (Å²) in [5, 5.41) is 10.8. The van der Waals surface area contributed by atoms with Gasteiger partial charge >= 0.3 is 0 Å². The number of nitrogens with two attached hydrogens (primary N) is 1. The van der Waals surface area contributed by atoms with Crippen LogP contribution in [0.5, 0.6) is 0 Å². The van der Waals surface area contributed by atoms with Crippen LogP contribution in [-0.2, 0) is 4.79 Å². The number of carbonyl (C=O) groups excluding carboxylic acids is 2. The second-order valence-corrected chi connectivity index (χ2v) is 7.08. The molecule has 3 aromatic rings. The maximum Gasteiger partial charge on any atom is 0.249 e. The van der Waals surface area contributed by atoms with Crippen LogP contribution in [0.2, 0.25) is 0 Å². The molecule has 0 aliphatic carbocycles. The van der Waals surface area contributed by atoms with Crippen LogP contribution in [-0.4, -0.2) is 17.0 Å². The average molecular weight is 369 g/mol. The third-order valence-corrected chi connectivity index (χ3v) is 4.48. The van der Waals surface area contributed by atoms with E-state index < -0.39 is 5.91 Å². The van der Waals surface area contributed by atoms with Crippen molar-refractivity contribution in [1.29, 1.82) is 0 Å². The molecule has 0 radical (unpaired) electrons. The Bertz CT molecular complexity index is 929. The molecule has 0 aliphatic rings. The summed E-state index contributed by atoms with van der Waals surface area (Å²) in [6, 6.07) is 8.84. The molecular weight excluding hydrogens is 350 g/mol. The van der Waals surface area contributed by atoms with E-state index in [1.165, 1.54) is 11.3 Å². The van der Waals surface area contributed by atoms with Crippen LogP contribution >= 0.6 is 11.3 Å². The van der Waals surface area contributed by atoms with Crippen LogP contribution in [0.4, 0.5) is 5.88 Å². The Balaban J connectivity index is 2.13. The number of anilines is 1. The van der Waals surface area contributed by atoms with Crippen molar-refractivity contribution in [3.05, 3.63) is 46.7 Å². The molecule has 0 spiro atoms. The fourth-order valence-corrected chi connectivity index (χ4v) is 3.33. The summed E-state index contributed by atoms with van der Waals surface area (Å²) in [5.41, 5.74) is 8.39. The predicted octanol–water partition coefficient (Wildman–Crippen LogP) is 4.15. The van der Waals surface area contributed by atoms with E-state index in [4.69, 9.17) is 10.3 Å². The van der Waals surface area contributed by atoms with Crippen LogP contribution in [0.1, 0.15) is 30.6 Å². The topological polar surface area (TPSA) is 98.2 Å². The fourth-order valence-electron chi connectivity index (χ4n) is 2.69.